The number of phenolic OH excluding ortho intramolecular Hbond substituents is 1. The molecule has 2 unspecified atom stereocenters. The molecule has 0 aliphatic rings. The average molecular weight is 249 g/mol. The molecule has 0 saturated heterocycles. The Hall–Kier alpha value is -1.02. The van der Waals surface area contributed by atoms with Crippen LogP contribution in [0.2, 0.25) is 0 Å². The predicted molar refractivity (Wildman–Crippen MR) is 77.9 cm³/mol. The van der Waals surface area contributed by atoms with Crippen LogP contribution in [0.5, 0.6) is 5.75 Å². The van der Waals surface area contributed by atoms with Gasteiger partial charge in [0.2, 0.25) is 0 Å². The molecule has 18 heavy (non-hydrogen) atoms. The molecule has 2 nitrogen and oxygen atoms in total. The summed E-state index contributed by atoms with van der Waals surface area (Å²) in [5.74, 6) is 0.344. The molecule has 0 spiro atoms. The number of aromatic hydroxyl groups is 1. The van der Waals surface area contributed by atoms with Crippen molar-refractivity contribution in [3.63, 3.8) is 0 Å². The Kier molecular flexibility index (Phi) is 6.81. The summed E-state index contributed by atoms with van der Waals surface area (Å²) < 4.78 is 0. The van der Waals surface area contributed by atoms with Crippen LogP contribution in [0.1, 0.15) is 64.5 Å². The van der Waals surface area contributed by atoms with Crippen LogP contribution in [-0.4, -0.2) is 11.1 Å². The van der Waals surface area contributed by atoms with Crippen molar-refractivity contribution in [2.24, 2.45) is 0 Å². The van der Waals surface area contributed by atoms with Crippen LogP contribution in [0.25, 0.3) is 0 Å². The predicted octanol–water partition coefficient (Wildman–Crippen LogP) is 4.40. The van der Waals surface area contributed by atoms with Crippen molar-refractivity contribution in [2.75, 3.05) is 0 Å². The molecular formula is C16H27NO. The molecule has 0 saturated carbocycles. The smallest absolute Gasteiger partial charge is 0.115 e. The maximum Gasteiger partial charge on any atom is 0.115 e. The topological polar surface area (TPSA) is 32.3 Å². The van der Waals surface area contributed by atoms with E-state index in [2.05, 4.69) is 32.2 Å². The van der Waals surface area contributed by atoms with E-state index in [0.717, 1.165) is 5.56 Å². The second-order valence-electron chi connectivity index (χ2n) is 5.23. The molecule has 0 radical (unpaired) electrons. The summed E-state index contributed by atoms with van der Waals surface area (Å²) in [5.41, 5.74) is 1.15. The van der Waals surface area contributed by atoms with Crippen LogP contribution < -0.4 is 5.32 Å². The molecule has 1 rings (SSSR count). The first kappa shape index (κ1) is 15.0. The Morgan fingerprint density at radius 2 is 1.94 bits per heavy atom. The minimum atomic E-state index is 0.290. The first-order chi connectivity index (χ1) is 8.63. The summed E-state index contributed by atoms with van der Waals surface area (Å²) in [6, 6.07) is 8.32. The molecule has 0 amide bonds. The van der Waals surface area contributed by atoms with Gasteiger partial charge in [0.25, 0.3) is 0 Å². The molecule has 2 N–H and O–H groups in total. The number of benzene rings is 1. The van der Waals surface area contributed by atoms with Gasteiger partial charge in [-0.25, -0.2) is 0 Å². The summed E-state index contributed by atoms with van der Waals surface area (Å²) in [6.45, 7) is 6.63. The zero-order chi connectivity index (χ0) is 13.4. The van der Waals surface area contributed by atoms with E-state index in [4.69, 9.17) is 0 Å². The Bertz CT molecular complexity index is 338. The normalized spacial score (nSPS) is 14.4. The monoisotopic (exact) mass is 249 g/mol. The van der Waals surface area contributed by atoms with Crippen molar-refractivity contribution in [1.82, 2.24) is 5.32 Å². The zero-order valence-electron chi connectivity index (χ0n) is 11.9. The third kappa shape index (κ3) is 5.54. The minimum absolute atomic E-state index is 0.290. The van der Waals surface area contributed by atoms with Gasteiger partial charge < -0.3 is 10.4 Å². The fourth-order valence-electron chi connectivity index (χ4n) is 2.28. The lowest BCUT2D eigenvalue weighted by molar-refractivity contribution is 0.434. The molecule has 0 aromatic heterocycles. The molecule has 0 bridgehead atoms. The van der Waals surface area contributed by atoms with Crippen molar-refractivity contribution in [2.45, 2.75) is 65.0 Å². The first-order valence-corrected chi connectivity index (χ1v) is 7.18. The lowest BCUT2D eigenvalue weighted by atomic mass is 10.0. The van der Waals surface area contributed by atoms with Gasteiger partial charge in [-0.1, -0.05) is 44.7 Å². The largest absolute Gasteiger partial charge is 0.508 e. The molecular weight excluding hydrogens is 222 g/mol. The molecule has 0 heterocycles. The van der Waals surface area contributed by atoms with Crippen LogP contribution in [0, 0.1) is 0 Å². The van der Waals surface area contributed by atoms with Gasteiger partial charge in [-0.2, -0.15) is 0 Å². The highest BCUT2D eigenvalue weighted by molar-refractivity contribution is 5.29. The fourth-order valence-corrected chi connectivity index (χ4v) is 2.28. The quantitative estimate of drug-likeness (QED) is 0.669. The molecule has 0 aliphatic carbocycles. The number of hydrogen-bond donors (Lipinski definition) is 2. The second kappa shape index (κ2) is 8.15. The average Bonchev–Trinajstić information content (AvgIpc) is 2.34. The highest BCUT2D eigenvalue weighted by atomic mass is 16.3. The third-order valence-corrected chi connectivity index (χ3v) is 3.40. The summed E-state index contributed by atoms with van der Waals surface area (Å²) in [7, 11) is 0. The lowest BCUT2D eigenvalue weighted by Crippen LogP contribution is -2.28. The molecule has 0 fully saturated rings. The van der Waals surface area contributed by atoms with Crippen LogP contribution >= 0.6 is 0 Å². The number of rotatable bonds is 8. The van der Waals surface area contributed by atoms with Gasteiger partial charge in [-0.3, -0.25) is 0 Å². The molecule has 1 aromatic rings. The second-order valence-corrected chi connectivity index (χ2v) is 5.23. The van der Waals surface area contributed by atoms with E-state index < -0.39 is 0 Å². The third-order valence-electron chi connectivity index (χ3n) is 3.40. The summed E-state index contributed by atoms with van der Waals surface area (Å²) in [6.07, 6.45) is 6.50. The van der Waals surface area contributed by atoms with E-state index in [0.29, 0.717) is 17.8 Å². The number of phenols is 1. The van der Waals surface area contributed by atoms with Crippen LogP contribution in [-0.2, 0) is 0 Å². The highest BCUT2D eigenvalue weighted by Gasteiger charge is 2.09. The maximum absolute atomic E-state index is 9.47. The van der Waals surface area contributed by atoms with Crippen molar-refractivity contribution in [3.8, 4) is 5.75 Å². The van der Waals surface area contributed by atoms with E-state index >= 15 is 0 Å². The standard InChI is InChI=1S/C16H27NO/c1-4-5-6-7-9-13(2)17-14(3)15-10-8-11-16(18)12-15/h8,10-14,17-18H,4-7,9H2,1-3H3. The molecule has 1 aromatic carbocycles. The van der Waals surface area contributed by atoms with E-state index in [1.165, 1.54) is 32.1 Å². The van der Waals surface area contributed by atoms with Crippen LogP contribution in [0.3, 0.4) is 0 Å². The van der Waals surface area contributed by atoms with Gasteiger partial charge in [-0.15, -0.1) is 0 Å². The Morgan fingerprint density at radius 3 is 2.61 bits per heavy atom. The van der Waals surface area contributed by atoms with E-state index in [-0.39, 0.29) is 0 Å². The van der Waals surface area contributed by atoms with E-state index in [1.54, 1.807) is 6.07 Å². The Morgan fingerprint density at radius 1 is 1.17 bits per heavy atom. The molecule has 0 aliphatic heterocycles. The Balaban J connectivity index is 2.32. The number of hydrogen-bond acceptors (Lipinski definition) is 2. The SMILES string of the molecule is CCCCCCC(C)NC(C)c1cccc(O)c1. The van der Waals surface area contributed by atoms with Gasteiger partial charge in [0.05, 0.1) is 0 Å². The highest BCUT2D eigenvalue weighted by Crippen LogP contribution is 2.19. The van der Waals surface area contributed by atoms with E-state index in [1.807, 2.05) is 12.1 Å². The maximum atomic E-state index is 9.47. The fraction of sp³-hybridized carbons (Fsp3) is 0.625. The summed E-state index contributed by atoms with van der Waals surface area (Å²) in [5, 5.41) is 13.1. The molecule has 102 valence electrons. The lowest BCUT2D eigenvalue weighted by Gasteiger charge is -2.20. The minimum Gasteiger partial charge on any atom is -0.508 e. The zero-order valence-corrected chi connectivity index (χ0v) is 11.9. The first-order valence-electron chi connectivity index (χ1n) is 7.18. The van der Waals surface area contributed by atoms with Gasteiger partial charge in [0, 0.05) is 12.1 Å². The van der Waals surface area contributed by atoms with Crippen molar-refractivity contribution < 1.29 is 5.11 Å². The van der Waals surface area contributed by atoms with Crippen LogP contribution in [0.4, 0.5) is 0 Å². The van der Waals surface area contributed by atoms with E-state index in [9.17, 15) is 5.11 Å². The number of nitrogens with one attached hydrogen (secondary N) is 1. The van der Waals surface area contributed by atoms with Crippen molar-refractivity contribution >= 4 is 0 Å². The van der Waals surface area contributed by atoms with Gasteiger partial charge in [0.15, 0.2) is 0 Å². The Labute approximate surface area is 111 Å². The van der Waals surface area contributed by atoms with Crippen molar-refractivity contribution in [1.29, 1.82) is 0 Å². The molecule has 2 atom stereocenters. The summed E-state index contributed by atoms with van der Waals surface area (Å²) >= 11 is 0. The van der Waals surface area contributed by atoms with Gasteiger partial charge >= 0.3 is 0 Å². The molecule has 2 heteroatoms. The number of unbranched alkanes of at least 4 members (excludes halogenated alkanes) is 3. The van der Waals surface area contributed by atoms with Gasteiger partial charge in [-0.05, 0) is 38.0 Å². The van der Waals surface area contributed by atoms with Gasteiger partial charge in [0.1, 0.15) is 5.75 Å². The van der Waals surface area contributed by atoms with Crippen molar-refractivity contribution in [3.05, 3.63) is 29.8 Å². The van der Waals surface area contributed by atoms with Crippen LogP contribution in [0.15, 0.2) is 24.3 Å². The summed E-state index contributed by atoms with van der Waals surface area (Å²) in [4.78, 5) is 0.